The van der Waals surface area contributed by atoms with Crippen molar-refractivity contribution >= 4 is 35.1 Å². The van der Waals surface area contributed by atoms with E-state index in [0.29, 0.717) is 0 Å². The highest BCUT2D eigenvalue weighted by atomic mass is 16.1. The van der Waals surface area contributed by atoms with Gasteiger partial charge in [-0.1, -0.05) is 12.2 Å². The molecule has 0 spiro atoms. The highest BCUT2D eigenvalue weighted by Crippen LogP contribution is 2.37. The van der Waals surface area contributed by atoms with Crippen LogP contribution in [-0.4, -0.2) is 37.7 Å². The van der Waals surface area contributed by atoms with Gasteiger partial charge in [0.15, 0.2) is 11.6 Å². The van der Waals surface area contributed by atoms with Crippen LogP contribution in [0.3, 0.4) is 0 Å². The minimum Gasteiger partial charge on any atom is -0.371 e. The number of aryl methyl sites for hydroxylation is 4. The molecule has 0 amide bonds. The van der Waals surface area contributed by atoms with Crippen molar-refractivity contribution in [2.75, 3.05) is 36.0 Å². The lowest BCUT2D eigenvalue weighted by Crippen LogP contribution is -2.34. The first-order valence-electron chi connectivity index (χ1n) is 13.4. The number of carbonyl (C=O) groups excluding carboxylic acids is 2. The molecule has 0 unspecified atom stereocenters. The van der Waals surface area contributed by atoms with Crippen LogP contribution in [0.2, 0.25) is 0 Å². The van der Waals surface area contributed by atoms with Crippen LogP contribution in [0.25, 0.3) is 12.2 Å². The number of rotatable bonds is 6. The molecule has 0 aliphatic carbocycles. The van der Waals surface area contributed by atoms with Gasteiger partial charge in [-0.15, -0.1) is 0 Å². The Morgan fingerprint density at radius 3 is 1.29 bits per heavy atom. The van der Waals surface area contributed by atoms with E-state index in [1.54, 1.807) is 12.2 Å². The smallest absolute Gasteiger partial charge is 0.163 e. The average Bonchev–Trinajstić information content (AvgIpc) is 2.87. The van der Waals surface area contributed by atoms with Gasteiger partial charge in [0.1, 0.15) is 0 Å². The Morgan fingerprint density at radius 2 is 0.943 bits per heavy atom. The lowest BCUT2D eigenvalue weighted by atomic mass is 9.90. The molecule has 0 aromatic heterocycles. The van der Waals surface area contributed by atoms with Gasteiger partial charge in [0.05, 0.1) is 6.42 Å². The SMILES string of the molecule is O=C(/C=C/c1cc2c3c(c1)CCCN3CCC2)CC(=O)/C=C/c1cc2c3c(c1)CCCN3CCC2. The fraction of sp³-hybridized carbons (Fsp3) is 0.419. The van der Waals surface area contributed by atoms with E-state index in [0.717, 1.165) is 63.0 Å². The van der Waals surface area contributed by atoms with Crippen molar-refractivity contribution in [3.05, 3.63) is 69.8 Å². The van der Waals surface area contributed by atoms with Gasteiger partial charge in [-0.25, -0.2) is 0 Å². The van der Waals surface area contributed by atoms with E-state index in [4.69, 9.17) is 0 Å². The van der Waals surface area contributed by atoms with E-state index >= 15 is 0 Å². The molecule has 4 aliphatic rings. The summed E-state index contributed by atoms with van der Waals surface area (Å²) in [5.41, 5.74) is 10.7. The van der Waals surface area contributed by atoms with Crippen LogP contribution in [0.1, 0.15) is 65.5 Å². The molecule has 0 N–H and O–H groups in total. The molecule has 180 valence electrons. The zero-order valence-electron chi connectivity index (χ0n) is 20.5. The molecule has 0 radical (unpaired) electrons. The summed E-state index contributed by atoms with van der Waals surface area (Å²) in [5.74, 6) is -0.271. The number of hydrogen-bond acceptors (Lipinski definition) is 4. The number of hydrogen-bond donors (Lipinski definition) is 0. The van der Waals surface area contributed by atoms with Gasteiger partial charge in [0.25, 0.3) is 0 Å². The Bertz CT molecular complexity index is 1080. The summed E-state index contributed by atoms with van der Waals surface area (Å²) in [6, 6.07) is 8.91. The van der Waals surface area contributed by atoms with E-state index in [2.05, 4.69) is 34.1 Å². The summed E-state index contributed by atoms with van der Waals surface area (Å²) in [4.78, 5) is 30.1. The quantitative estimate of drug-likeness (QED) is 0.426. The molecule has 0 atom stereocenters. The van der Waals surface area contributed by atoms with Crippen molar-refractivity contribution in [2.45, 2.75) is 57.8 Å². The standard InChI is InChI=1S/C31H34N2O2/c34-28(11-9-22-17-24-5-1-13-32-14-2-6-25(18-22)30(24)32)21-29(35)12-10-23-19-26-7-3-15-33-16-4-8-27(20-23)31(26)33/h9-12,17-20H,1-8,13-16,21H2/b11-9+,12-10+. The monoisotopic (exact) mass is 466 g/mol. The van der Waals surface area contributed by atoms with Crippen molar-refractivity contribution in [2.24, 2.45) is 0 Å². The lowest BCUT2D eigenvalue weighted by Gasteiger charge is -2.37. The topological polar surface area (TPSA) is 40.6 Å². The highest BCUT2D eigenvalue weighted by molar-refractivity contribution is 6.11. The first kappa shape index (κ1) is 22.3. The fourth-order valence-corrected chi connectivity index (χ4v) is 6.52. The Balaban J connectivity index is 1.11. The van der Waals surface area contributed by atoms with Crippen LogP contribution < -0.4 is 9.80 Å². The Hall–Kier alpha value is -3.14. The number of carbonyl (C=O) groups is 2. The van der Waals surface area contributed by atoms with Gasteiger partial charge >= 0.3 is 0 Å². The molecule has 4 heterocycles. The first-order chi connectivity index (χ1) is 17.1. The molecule has 4 heteroatoms. The van der Waals surface area contributed by atoms with Crippen LogP contribution in [0.5, 0.6) is 0 Å². The molecule has 6 rings (SSSR count). The third kappa shape index (κ3) is 4.59. The van der Waals surface area contributed by atoms with Crippen LogP contribution in [0, 0.1) is 0 Å². The number of benzene rings is 2. The Labute approximate surface area is 208 Å². The van der Waals surface area contributed by atoms with Crippen molar-refractivity contribution in [1.29, 1.82) is 0 Å². The largest absolute Gasteiger partial charge is 0.371 e. The van der Waals surface area contributed by atoms with Crippen molar-refractivity contribution in [1.82, 2.24) is 0 Å². The van der Waals surface area contributed by atoms with Crippen molar-refractivity contribution in [3.8, 4) is 0 Å². The van der Waals surface area contributed by atoms with Gasteiger partial charge in [-0.2, -0.15) is 0 Å². The maximum Gasteiger partial charge on any atom is 0.163 e. The summed E-state index contributed by atoms with van der Waals surface area (Å²) in [7, 11) is 0. The molecule has 0 saturated carbocycles. The molecule has 4 nitrogen and oxygen atoms in total. The minimum atomic E-state index is -0.135. The van der Waals surface area contributed by atoms with E-state index in [1.807, 2.05) is 12.2 Å². The predicted octanol–water partition coefficient (Wildman–Crippen LogP) is 5.34. The Morgan fingerprint density at radius 1 is 0.600 bits per heavy atom. The van der Waals surface area contributed by atoms with E-state index in [9.17, 15) is 9.59 Å². The molecule has 0 saturated heterocycles. The maximum atomic E-state index is 12.5. The molecular weight excluding hydrogens is 432 g/mol. The maximum absolute atomic E-state index is 12.5. The second-order valence-corrected chi connectivity index (χ2v) is 10.5. The first-order valence-corrected chi connectivity index (χ1v) is 13.4. The average molecular weight is 467 g/mol. The molecule has 35 heavy (non-hydrogen) atoms. The fourth-order valence-electron chi connectivity index (χ4n) is 6.52. The number of nitrogens with zero attached hydrogens (tertiary/aromatic N) is 2. The van der Waals surface area contributed by atoms with Gasteiger partial charge in [-0.3, -0.25) is 9.59 Å². The van der Waals surface area contributed by atoms with Crippen molar-refractivity contribution < 1.29 is 9.59 Å². The summed E-state index contributed by atoms with van der Waals surface area (Å²) < 4.78 is 0. The van der Waals surface area contributed by atoms with Crippen molar-refractivity contribution in [3.63, 3.8) is 0 Å². The highest BCUT2D eigenvalue weighted by Gasteiger charge is 2.25. The summed E-state index contributed by atoms with van der Waals surface area (Å²) in [6.45, 7) is 4.64. The van der Waals surface area contributed by atoms with Gasteiger partial charge < -0.3 is 9.80 Å². The van der Waals surface area contributed by atoms with Gasteiger partial charge in [0, 0.05) is 37.6 Å². The summed E-state index contributed by atoms with van der Waals surface area (Å²) in [6.07, 6.45) is 16.1. The third-order valence-corrected chi connectivity index (χ3v) is 7.98. The Kier molecular flexibility index (Phi) is 6.05. The molecule has 2 aromatic rings. The van der Waals surface area contributed by atoms with Gasteiger partial charge in [0.2, 0.25) is 0 Å². The zero-order valence-corrected chi connectivity index (χ0v) is 20.5. The number of anilines is 2. The second-order valence-electron chi connectivity index (χ2n) is 10.5. The van der Waals surface area contributed by atoms with E-state index in [1.165, 1.54) is 59.3 Å². The van der Waals surface area contributed by atoms with Crippen LogP contribution in [0.15, 0.2) is 36.4 Å². The third-order valence-electron chi connectivity index (χ3n) is 7.98. The second kappa shape index (κ2) is 9.49. The van der Waals surface area contributed by atoms with Crippen LogP contribution >= 0.6 is 0 Å². The summed E-state index contributed by atoms with van der Waals surface area (Å²) in [5, 5.41) is 0. The van der Waals surface area contributed by atoms with Crippen LogP contribution in [-0.2, 0) is 35.3 Å². The molecule has 2 aromatic carbocycles. The minimum absolute atomic E-state index is 0.0792. The predicted molar refractivity (Wildman–Crippen MR) is 143 cm³/mol. The number of allylic oxidation sites excluding steroid dienone is 2. The van der Waals surface area contributed by atoms with Gasteiger partial charge in [-0.05, 0) is 121 Å². The molecule has 0 bridgehead atoms. The lowest BCUT2D eigenvalue weighted by molar-refractivity contribution is -0.121. The van der Waals surface area contributed by atoms with E-state index in [-0.39, 0.29) is 18.0 Å². The molecular formula is C31H34N2O2. The molecule has 0 fully saturated rings. The summed E-state index contributed by atoms with van der Waals surface area (Å²) >= 11 is 0. The molecule has 4 aliphatic heterocycles. The zero-order chi connectivity index (χ0) is 23.8. The normalized spacial score (nSPS) is 18.6. The number of ketones is 2. The van der Waals surface area contributed by atoms with E-state index < -0.39 is 0 Å². The van der Waals surface area contributed by atoms with Crippen LogP contribution in [0.4, 0.5) is 11.4 Å².